The maximum Gasteiger partial charge on any atom is 0.372 e. The Morgan fingerprint density at radius 2 is 2.44 bits per heavy atom. The van der Waals surface area contributed by atoms with Crippen molar-refractivity contribution in [1.82, 2.24) is 9.97 Å². The zero-order chi connectivity index (χ0) is 13.4. The summed E-state index contributed by atoms with van der Waals surface area (Å²) in [5.74, 6) is 3.92. The van der Waals surface area contributed by atoms with E-state index in [9.17, 15) is 10.1 Å². The summed E-state index contributed by atoms with van der Waals surface area (Å²) in [4.78, 5) is 17.9. The summed E-state index contributed by atoms with van der Waals surface area (Å²) < 4.78 is 4.83. The summed E-state index contributed by atoms with van der Waals surface area (Å²) in [6.45, 7) is 0.521. The molecule has 0 aliphatic carbocycles. The molecule has 0 saturated heterocycles. The Labute approximate surface area is 108 Å². The average molecular weight is 268 g/mol. The predicted octanol–water partition coefficient (Wildman–Crippen LogP) is 1.17. The molecule has 0 fully saturated rings. The number of thioether (sulfide) groups is 1. The minimum Gasteiger partial charge on any atom is -0.476 e. The SMILES string of the molecule is C#CCSCCNc1ncnc(OC)c1[N+](=O)[O-]. The highest BCUT2D eigenvalue weighted by Gasteiger charge is 2.23. The lowest BCUT2D eigenvalue weighted by Gasteiger charge is -2.06. The first-order valence-corrected chi connectivity index (χ1v) is 6.14. The van der Waals surface area contributed by atoms with Gasteiger partial charge >= 0.3 is 5.69 Å². The number of nitro groups is 1. The smallest absolute Gasteiger partial charge is 0.372 e. The highest BCUT2D eigenvalue weighted by molar-refractivity contribution is 7.99. The third-order valence-corrected chi connectivity index (χ3v) is 2.75. The molecule has 0 aliphatic heterocycles. The Kier molecular flexibility index (Phi) is 5.73. The Morgan fingerprint density at radius 1 is 1.67 bits per heavy atom. The van der Waals surface area contributed by atoms with Crippen LogP contribution in [0.1, 0.15) is 0 Å². The molecule has 0 aliphatic rings. The van der Waals surface area contributed by atoms with Crippen molar-refractivity contribution in [2.75, 3.05) is 30.5 Å². The molecule has 0 aromatic carbocycles. The van der Waals surface area contributed by atoms with E-state index in [1.54, 1.807) is 11.8 Å². The van der Waals surface area contributed by atoms with E-state index in [1.807, 2.05) is 0 Å². The van der Waals surface area contributed by atoms with Gasteiger partial charge in [0, 0.05) is 12.3 Å². The van der Waals surface area contributed by atoms with Crippen LogP contribution in [0, 0.1) is 22.5 Å². The van der Waals surface area contributed by atoms with Crippen LogP contribution in [0.15, 0.2) is 6.33 Å². The van der Waals surface area contributed by atoms with Gasteiger partial charge in [-0.05, 0) is 0 Å². The third kappa shape index (κ3) is 3.78. The highest BCUT2D eigenvalue weighted by atomic mass is 32.2. The number of rotatable bonds is 7. The van der Waals surface area contributed by atoms with Gasteiger partial charge in [0.05, 0.1) is 17.8 Å². The number of hydrogen-bond donors (Lipinski definition) is 1. The van der Waals surface area contributed by atoms with E-state index in [-0.39, 0.29) is 17.4 Å². The second-order valence-electron chi connectivity index (χ2n) is 3.02. The minimum atomic E-state index is -0.574. The summed E-state index contributed by atoms with van der Waals surface area (Å²) in [5, 5.41) is 13.8. The lowest BCUT2D eigenvalue weighted by Crippen LogP contribution is -2.09. The molecule has 1 aromatic heterocycles. The van der Waals surface area contributed by atoms with Crippen LogP contribution < -0.4 is 10.1 Å². The molecule has 1 rings (SSSR count). The van der Waals surface area contributed by atoms with Crippen molar-refractivity contribution >= 4 is 23.3 Å². The van der Waals surface area contributed by atoms with Crippen LogP contribution in [0.2, 0.25) is 0 Å². The zero-order valence-electron chi connectivity index (χ0n) is 9.75. The van der Waals surface area contributed by atoms with Crippen molar-refractivity contribution in [2.24, 2.45) is 0 Å². The summed E-state index contributed by atoms with van der Waals surface area (Å²) in [6, 6.07) is 0. The van der Waals surface area contributed by atoms with Gasteiger partial charge in [0.25, 0.3) is 5.88 Å². The molecular weight excluding hydrogens is 256 g/mol. The Bertz CT molecular complexity index is 461. The lowest BCUT2D eigenvalue weighted by molar-refractivity contribution is -0.385. The van der Waals surface area contributed by atoms with E-state index in [4.69, 9.17) is 11.2 Å². The summed E-state index contributed by atoms with van der Waals surface area (Å²) in [7, 11) is 1.32. The fraction of sp³-hybridized carbons (Fsp3) is 0.400. The number of hydrogen-bond acceptors (Lipinski definition) is 7. The van der Waals surface area contributed by atoms with Crippen LogP contribution in [-0.2, 0) is 0 Å². The second-order valence-corrected chi connectivity index (χ2v) is 4.13. The topological polar surface area (TPSA) is 90.2 Å². The number of methoxy groups -OCH3 is 1. The molecule has 1 N–H and O–H groups in total. The molecule has 0 amide bonds. The number of terminal acetylenes is 1. The van der Waals surface area contributed by atoms with Gasteiger partial charge in [-0.3, -0.25) is 10.1 Å². The van der Waals surface area contributed by atoms with E-state index < -0.39 is 4.92 Å². The normalized spacial score (nSPS) is 9.56. The van der Waals surface area contributed by atoms with Crippen LogP contribution in [0.25, 0.3) is 0 Å². The quantitative estimate of drug-likeness (QED) is 0.343. The van der Waals surface area contributed by atoms with Crippen molar-refractivity contribution in [1.29, 1.82) is 0 Å². The van der Waals surface area contributed by atoms with Gasteiger partial charge in [0.2, 0.25) is 5.82 Å². The second kappa shape index (κ2) is 7.34. The van der Waals surface area contributed by atoms with Crippen LogP contribution in [0.5, 0.6) is 5.88 Å². The number of nitrogens with zero attached hydrogens (tertiary/aromatic N) is 3. The molecule has 96 valence electrons. The highest BCUT2D eigenvalue weighted by Crippen LogP contribution is 2.30. The van der Waals surface area contributed by atoms with Gasteiger partial charge in [0.1, 0.15) is 6.33 Å². The molecule has 1 aromatic rings. The van der Waals surface area contributed by atoms with Gasteiger partial charge in [-0.1, -0.05) is 5.92 Å². The Hall–Kier alpha value is -2.01. The number of nitrogens with one attached hydrogen (secondary N) is 1. The van der Waals surface area contributed by atoms with Crippen LogP contribution >= 0.6 is 11.8 Å². The Balaban J connectivity index is 2.70. The summed E-state index contributed by atoms with van der Waals surface area (Å²) in [5.41, 5.74) is -0.262. The molecule has 0 radical (unpaired) electrons. The van der Waals surface area contributed by atoms with Crippen molar-refractivity contribution in [3.05, 3.63) is 16.4 Å². The zero-order valence-corrected chi connectivity index (χ0v) is 10.6. The molecule has 0 unspecified atom stereocenters. The fourth-order valence-corrected chi connectivity index (χ4v) is 1.69. The maximum atomic E-state index is 10.9. The van der Waals surface area contributed by atoms with Gasteiger partial charge in [-0.15, -0.1) is 18.2 Å². The van der Waals surface area contributed by atoms with E-state index in [2.05, 4.69) is 21.2 Å². The number of ether oxygens (including phenoxy) is 1. The molecule has 8 heteroatoms. The van der Waals surface area contributed by atoms with Gasteiger partial charge in [-0.2, -0.15) is 4.98 Å². The van der Waals surface area contributed by atoms with E-state index in [0.29, 0.717) is 12.3 Å². The van der Waals surface area contributed by atoms with Crippen LogP contribution in [0.4, 0.5) is 11.5 Å². The Morgan fingerprint density at radius 3 is 3.06 bits per heavy atom. The summed E-state index contributed by atoms with van der Waals surface area (Å²) in [6.07, 6.45) is 6.32. The van der Waals surface area contributed by atoms with Crippen molar-refractivity contribution in [2.45, 2.75) is 0 Å². The molecule has 0 atom stereocenters. The first-order chi connectivity index (χ1) is 8.70. The number of aromatic nitrogens is 2. The largest absolute Gasteiger partial charge is 0.476 e. The lowest BCUT2D eigenvalue weighted by atomic mass is 10.4. The van der Waals surface area contributed by atoms with Gasteiger partial charge in [0.15, 0.2) is 0 Å². The summed E-state index contributed by atoms with van der Waals surface area (Å²) >= 11 is 1.55. The molecule has 0 saturated carbocycles. The van der Waals surface area contributed by atoms with Crippen molar-refractivity contribution < 1.29 is 9.66 Å². The molecule has 0 spiro atoms. The predicted molar refractivity (Wildman–Crippen MR) is 69.9 cm³/mol. The minimum absolute atomic E-state index is 0.0613. The average Bonchev–Trinajstić information content (AvgIpc) is 2.37. The molecule has 0 bridgehead atoms. The molecule has 18 heavy (non-hydrogen) atoms. The monoisotopic (exact) mass is 268 g/mol. The van der Waals surface area contributed by atoms with E-state index in [1.165, 1.54) is 13.4 Å². The first-order valence-electron chi connectivity index (χ1n) is 4.99. The molecule has 1 heterocycles. The van der Waals surface area contributed by atoms with Gasteiger partial charge < -0.3 is 10.1 Å². The molecular formula is C10H12N4O3S. The van der Waals surface area contributed by atoms with Gasteiger partial charge in [-0.25, -0.2) is 4.98 Å². The standard InChI is InChI=1S/C10H12N4O3S/c1-3-5-18-6-4-11-9-8(14(15)16)10(17-2)13-7-12-9/h1,7H,4-6H2,2H3,(H,11,12,13). The third-order valence-electron chi connectivity index (χ3n) is 1.89. The van der Waals surface area contributed by atoms with Crippen molar-refractivity contribution in [3.8, 4) is 18.2 Å². The molecule has 7 nitrogen and oxygen atoms in total. The van der Waals surface area contributed by atoms with Crippen LogP contribution in [-0.4, -0.2) is 40.1 Å². The van der Waals surface area contributed by atoms with E-state index >= 15 is 0 Å². The van der Waals surface area contributed by atoms with E-state index in [0.717, 1.165) is 5.75 Å². The maximum absolute atomic E-state index is 10.9. The first kappa shape index (κ1) is 14.1. The number of anilines is 1. The van der Waals surface area contributed by atoms with Crippen molar-refractivity contribution in [3.63, 3.8) is 0 Å². The van der Waals surface area contributed by atoms with Crippen LogP contribution in [0.3, 0.4) is 0 Å². The fourth-order valence-electron chi connectivity index (χ4n) is 1.18.